The molecular weight excluding hydrogens is 335 g/mol. The molecule has 0 saturated carbocycles. The van der Waals surface area contributed by atoms with Crippen molar-refractivity contribution < 1.29 is 9.18 Å². The fourth-order valence-corrected chi connectivity index (χ4v) is 3.30. The highest BCUT2D eigenvalue weighted by molar-refractivity contribution is 5.83. The van der Waals surface area contributed by atoms with Gasteiger partial charge >= 0.3 is 0 Å². The summed E-state index contributed by atoms with van der Waals surface area (Å²) in [6, 6.07) is 5.83. The second-order valence-corrected chi connectivity index (χ2v) is 6.75. The number of rotatable bonds is 6. The quantitative estimate of drug-likeness (QED) is 0.765. The van der Waals surface area contributed by atoms with Gasteiger partial charge in [0.1, 0.15) is 24.5 Å². The summed E-state index contributed by atoms with van der Waals surface area (Å²) in [5.74, 6) is -0.295. The van der Waals surface area contributed by atoms with Crippen molar-refractivity contribution in [3.63, 3.8) is 0 Å². The van der Waals surface area contributed by atoms with Crippen molar-refractivity contribution in [2.45, 2.75) is 12.6 Å². The van der Waals surface area contributed by atoms with Gasteiger partial charge in [-0.2, -0.15) is 5.10 Å². The van der Waals surface area contributed by atoms with Crippen LogP contribution < -0.4 is 0 Å². The predicted molar refractivity (Wildman–Crippen MR) is 95.9 cm³/mol. The molecule has 0 spiro atoms. The molecule has 1 atom stereocenters. The van der Waals surface area contributed by atoms with Crippen LogP contribution in [-0.2, 0) is 11.3 Å². The van der Waals surface area contributed by atoms with E-state index in [0.717, 1.165) is 26.2 Å². The summed E-state index contributed by atoms with van der Waals surface area (Å²) in [7, 11) is 3.70. The van der Waals surface area contributed by atoms with Gasteiger partial charge in [0.05, 0.1) is 6.54 Å². The monoisotopic (exact) mass is 360 g/mol. The fourth-order valence-electron chi connectivity index (χ4n) is 3.30. The van der Waals surface area contributed by atoms with Gasteiger partial charge in [0.15, 0.2) is 0 Å². The molecule has 2 heterocycles. The van der Waals surface area contributed by atoms with Crippen LogP contribution in [0.1, 0.15) is 11.6 Å². The molecule has 1 aromatic heterocycles. The fraction of sp³-hybridized carbons (Fsp3) is 0.500. The normalized spacial score (nSPS) is 16.8. The van der Waals surface area contributed by atoms with Gasteiger partial charge in [-0.25, -0.2) is 9.37 Å². The second kappa shape index (κ2) is 8.37. The van der Waals surface area contributed by atoms with Crippen molar-refractivity contribution in [1.82, 2.24) is 29.5 Å². The smallest absolute Gasteiger partial charge is 0.244 e. The zero-order chi connectivity index (χ0) is 18.5. The summed E-state index contributed by atoms with van der Waals surface area (Å²) >= 11 is 0. The Hall–Kier alpha value is -2.32. The Bertz CT molecular complexity index is 712. The first-order valence-corrected chi connectivity index (χ1v) is 8.80. The largest absolute Gasteiger partial charge is 0.338 e. The summed E-state index contributed by atoms with van der Waals surface area (Å²) in [6.45, 7) is 4.67. The molecule has 1 aromatic carbocycles. The maximum absolute atomic E-state index is 13.6. The van der Waals surface area contributed by atoms with Crippen molar-refractivity contribution in [1.29, 1.82) is 0 Å². The molecule has 1 amide bonds. The highest BCUT2D eigenvalue weighted by Crippen LogP contribution is 2.22. The van der Waals surface area contributed by atoms with E-state index < -0.39 is 6.04 Å². The molecule has 3 rings (SSSR count). The van der Waals surface area contributed by atoms with Crippen LogP contribution in [0.15, 0.2) is 36.9 Å². The highest BCUT2D eigenvalue weighted by Gasteiger charge is 2.30. The lowest BCUT2D eigenvalue weighted by molar-refractivity contribution is -0.138. The van der Waals surface area contributed by atoms with Gasteiger partial charge in [0.2, 0.25) is 5.91 Å². The SMILES string of the molecule is CN(C)[C@@H](C(=O)N1CCN(CCn2cncn2)CC1)c1cccc(F)c1. The van der Waals surface area contributed by atoms with Gasteiger partial charge in [0.25, 0.3) is 0 Å². The van der Waals surface area contributed by atoms with Crippen LogP contribution in [0.3, 0.4) is 0 Å². The lowest BCUT2D eigenvalue weighted by Crippen LogP contribution is -2.51. The molecule has 1 aliphatic heterocycles. The van der Waals surface area contributed by atoms with Crippen LogP contribution in [0, 0.1) is 5.82 Å². The maximum Gasteiger partial charge on any atom is 0.244 e. The van der Waals surface area contributed by atoms with E-state index in [1.165, 1.54) is 18.5 Å². The van der Waals surface area contributed by atoms with Crippen LogP contribution in [0.4, 0.5) is 4.39 Å². The summed E-state index contributed by atoms with van der Waals surface area (Å²) < 4.78 is 15.4. The number of benzene rings is 1. The van der Waals surface area contributed by atoms with Crippen LogP contribution >= 0.6 is 0 Å². The van der Waals surface area contributed by atoms with Crippen molar-refractivity contribution in [3.8, 4) is 0 Å². The van der Waals surface area contributed by atoms with Crippen LogP contribution in [0.25, 0.3) is 0 Å². The van der Waals surface area contributed by atoms with E-state index in [0.29, 0.717) is 18.7 Å². The van der Waals surface area contributed by atoms with Gasteiger partial charge in [-0.3, -0.25) is 19.3 Å². The maximum atomic E-state index is 13.6. The minimum atomic E-state index is -0.465. The van der Waals surface area contributed by atoms with Gasteiger partial charge in [0, 0.05) is 32.7 Å². The first-order valence-electron chi connectivity index (χ1n) is 8.80. The Morgan fingerprint density at radius 2 is 2.00 bits per heavy atom. The Labute approximate surface area is 153 Å². The topological polar surface area (TPSA) is 57.5 Å². The third-order valence-corrected chi connectivity index (χ3v) is 4.71. The molecule has 140 valence electrons. The number of carbonyl (C=O) groups excluding carboxylic acids is 1. The average molecular weight is 360 g/mol. The Kier molecular flexibility index (Phi) is 5.95. The van der Waals surface area contributed by atoms with Crippen molar-refractivity contribution in [3.05, 3.63) is 48.3 Å². The van der Waals surface area contributed by atoms with Crippen LogP contribution in [0.5, 0.6) is 0 Å². The molecule has 0 radical (unpaired) electrons. The Balaban J connectivity index is 1.57. The molecular formula is C18H25FN6O. The predicted octanol–water partition coefficient (Wildman–Crippen LogP) is 0.864. The van der Waals surface area contributed by atoms with Gasteiger partial charge < -0.3 is 4.90 Å². The van der Waals surface area contributed by atoms with E-state index in [4.69, 9.17) is 0 Å². The molecule has 8 heteroatoms. The van der Waals surface area contributed by atoms with E-state index in [2.05, 4.69) is 15.0 Å². The molecule has 0 bridgehead atoms. The van der Waals surface area contributed by atoms with Crippen molar-refractivity contribution in [2.24, 2.45) is 0 Å². The number of aromatic nitrogens is 3. The molecule has 2 aromatic rings. The summed E-state index contributed by atoms with van der Waals surface area (Å²) in [5.41, 5.74) is 0.689. The lowest BCUT2D eigenvalue weighted by Gasteiger charge is -2.37. The van der Waals surface area contributed by atoms with Crippen LogP contribution in [0.2, 0.25) is 0 Å². The van der Waals surface area contributed by atoms with Crippen molar-refractivity contribution >= 4 is 5.91 Å². The highest BCUT2D eigenvalue weighted by atomic mass is 19.1. The van der Waals surface area contributed by atoms with Crippen molar-refractivity contribution in [2.75, 3.05) is 46.8 Å². The molecule has 1 aliphatic rings. The third kappa shape index (κ3) is 4.44. The number of halogens is 1. The lowest BCUT2D eigenvalue weighted by atomic mass is 10.0. The number of hydrogen-bond acceptors (Lipinski definition) is 5. The zero-order valence-corrected chi connectivity index (χ0v) is 15.3. The zero-order valence-electron chi connectivity index (χ0n) is 15.3. The van der Waals surface area contributed by atoms with Gasteiger partial charge in [-0.15, -0.1) is 0 Å². The Morgan fingerprint density at radius 1 is 1.23 bits per heavy atom. The molecule has 1 fully saturated rings. The van der Waals surface area contributed by atoms with E-state index >= 15 is 0 Å². The number of piperazine rings is 1. The standard InChI is InChI=1S/C18H25FN6O/c1-22(2)17(15-4-3-5-16(19)12-15)18(26)24-9-6-23(7-10-24)8-11-25-14-20-13-21-25/h3-5,12-14,17H,6-11H2,1-2H3/t17-/m1/s1. The number of likely N-dealkylation sites (N-methyl/N-ethyl adjacent to an activating group) is 1. The van der Waals surface area contributed by atoms with Crippen LogP contribution in [-0.4, -0.2) is 82.2 Å². The first-order chi connectivity index (χ1) is 12.5. The molecule has 1 saturated heterocycles. The molecule has 26 heavy (non-hydrogen) atoms. The summed E-state index contributed by atoms with van der Waals surface area (Å²) in [6.07, 6.45) is 3.24. The average Bonchev–Trinajstić information content (AvgIpc) is 3.14. The minimum Gasteiger partial charge on any atom is -0.338 e. The first kappa shape index (κ1) is 18.5. The summed E-state index contributed by atoms with van der Waals surface area (Å²) in [4.78, 5) is 23.0. The Morgan fingerprint density at radius 3 is 2.62 bits per heavy atom. The number of carbonyl (C=O) groups is 1. The number of amides is 1. The van der Waals surface area contributed by atoms with E-state index in [-0.39, 0.29) is 11.7 Å². The number of hydrogen-bond donors (Lipinski definition) is 0. The summed E-state index contributed by atoms with van der Waals surface area (Å²) in [5, 5.41) is 4.11. The molecule has 0 unspecified atom stereocenters. The number of nitrogens with zero attached hydrogens (tertiary/aromatic N) is 6. The molecule has 7 nitrogen and oxygen atoms in total. The second-order valence-electron chi connectivity index (χ2n) is 6.75. The van der Waals surface area contributed by atoms with E-state index in [1.807, 2.05) is 28.6 Å². The van der Waals surface area contributed by atoms with Gasteiger partial charge in [-0.1, -0.05) is 12.1 Å². The van der Waals surface area contributed by atoms with E-state index in [1.54, 1.807) is 18.5 Å². The minimum absolute atomic E-state index is 0.0246. The van der Waals surface area contributed by atoms with E-state index in [9.17, 15) is 9.18 Å². The molecule has 0 aliphatic carbocycles. The molecule has 0 N–H and O–H groups in total. The van der Waals surface area contributed by atoms with Gasteiger partial charge in [-0.05, 0) is 31.8 Å². The third-order valence-electron chi connectivity index (χ3n) is 4.71.